The molecule has 1 N–H and O–H groups in total. The molecule has 114 valence electrons. The molecule has 1 aromatic heterocycles. The molecule has 0 aliphatic rings. The lowest BCUT2D eigenvalue weighted by molar-refractivity contribution is -0.122. The van der Waals surface area contributed by atoms with E-state index in [4.69, 9.17) is 5.11 Å². The third kappa shape index (κ3) is 3.03. The van der Waals surface area contributed by atoms with Gasteiger partial charge in [0.15, 0.2) is 11.4 Å². The summed E-state index contributed by atoms with van der Waals surface area (Å²) in [5, 5.41) is 8.92. The van der Waals surface area contributed by atoms with Gasteiger partial charge in [-0.25, -0.2) is 19.7 Å². The second-order valence-corrected chi connectivity index (χ2v) is 4.00. The predicted molar refractivity (Wildman–Crippen MR) is 68.3 cm³/mol. The first-order valence-corrected chi connectivity index (χ1v) is 5.83. The molecule has 0 radical (unpaired) electrons. The number of halogens is 3. The molecule has 22 heavy (non-hydrogen) atoms. The van der Waals surface area contributed by atoms with Crippen LogP contribution in [-0.4, -0.2) is 33.3 Å². The number of hydrogen-bond acceptors (Lipinski definition) is 4. The molecule has 1 heterocycles. The Morgan fingerprint density at radius 2 is 1.55 bits per heavy atom. The van der Waals surface area contributed by atoms with Crippen molar-refractivity contribution in [1.29, 1.82) is 0 Å². The van der Waals surface area contributed by atoms with E-state index in [1.807, 2.05) is 0 Å². The molecular formula is C13H8F3N3O3. The lowest BCUT2D eigenvalue weighted by atomic mass is 10.2. The van der Waals surface area contributed by atoms with E-state index in [9.17, 15) is 22.8 Å². The maximum absolute atomic E-state index is 13.2. The van der Waals surface area contributed by atoms with Crippen LogP contribution < -0.4 is 4.90 Å². The molecule has 0 saturated carbocycles. The number of alkyl halides is 3. The van der Waals surface area contributed by atoms with Gasteiger partial charge in [-0.05, 0) is 12.1 Å². The van der Waals surface area contributed by atoms with E-state index in [0.717, 1.165) is 24.5 Å². The maximum Gasteiger partial charge on any atom is 0.491 e. The van der Waals surface area contributed by atoms with Crippen molar-refractivity contribution in [2.24, 2.45) is 0 Å². The summed E-state index contributed by atoms with van der Waals surface area (Å²) in [5.74, 6) is -3.27. The van der Waals surface area contributed by atoms with Crippen molar-refractivity contribution in [3.05, 3.63) is 54.1 Å². The molecule has 1 aromatic carbocycles. The number of aromatic nitrogens is 2. The molecule has 2 rings (SSSR count). The Balaban J connectivity index is 2.55. The smallest absolute Gasteiger partial charge is 0.476 e. The predicted octanol–water partition coefficient (Wildman–Crippen LogP) is 2.34. The zero-order chi connectivity index (χ0) is 16.3. The van der Waals surface area contributed by atoms with Crippen LogP contribution in [0.1, 0.15) is 21.0 Å². The summed E-state index contributed by atoms with van der Waals surface area (Å²) in [4.78, 5) is 29.5. The third-order valence-electron chi connectivity index (χ3n) is 2.57. The Labute approximate surface area is 121 Å². The fourth-order valence-corrected chi connectivity index (χ4v) is 1.71. The van der Waals surface area contributed by atoms with Gasteiger partial charge in [-0.3, -0.25) is 4.79 Å². The monoisotopic (exact) mass is 311 g/mol. The highest BCUT2D eigenvalue weighted by Gasteiger charge is 2.44. The van der Waals surface area contributed by atoms with Crippen LogP contribution in [-0.2, 0) is 0 Å². The number of nitrogens with zero attached hydrogens (tertiary/aromatic N) is 3. The van der Waals surface area contributed by atoms with Crippen LogP contribution in [0.2, 0.25) is 0 Å². The van der Waals surface area contributed by atoms with Gasteiger partial charge >= 0.3 is 12.3 Å². The minimum absolute atomic E-state index is 0.456. The fraction of sp³-hybridized carbons (Fsp3) is 0.0769. The molecule has 0 aliphatic heterocycles. The van der Waals surface area contributed by atoms with Crippen LogP contribution in [0.3, 0.4) is 0 Å². The van der Waals surface area contributed by atoms with E-state index in [-0.39, 0.29) is 0 Å². The second-order valence-electron chi connectivity index (χ2n) is 4.00. The summed E-state index contributed by atoms with van der Waals surface area (Å²) in [6, 6.07) is 6.25. The zero-order valence-corrected chi connectivity index (χ0v) is 10.8. The topological polar surface area (TPSA) is 83.4 Å². The number of carboxylic acids is 1. The van der Waals surface area contributed by atoms with Gasteiger partial charge in [-0.15, -0.1) is 13.2 Å². The van der Waals surface area contributed by atoms with Crippen molar-refractivity contribution in [1.82, 2.24) is 9.97 Å². The van der Waals surface area contributed by atoms with Gasteiger partial charge in [0.1, 0.15) is 0 Å². The SMILES string of the molecule is O=C(O)c1nccnc1C(=O)N(c1ccccc1)C(F)(F)F. The maximum atomic E-state index is 13.2. The van der Waals surface area contributed by atoms with Crippen LogP contribution in [0, 0.1) is 0 Å². The first-order valence-electron chi connectivity index (χ1n) is 5.83. The van der Waals surface area contributed by atoms with Crippen molar-refractivity contribution in [2.75, 3.05) is 4.90 Å². The molecule has 1 amide bonds. The molecule has 2 aromatic rings. The number of hydrogen-bond donors (Lipinski definition) is 1. The molecule has 0 atom stereocenters. The van der Waals surface area contributed by atoms with E-state index in [1.165, 1.54) is 18.2 Å². The first-order chi connectivity index (χ1) is 10.3. The zero-order valence-electron chi connectivity index (χ0n) is 10.8. The average molecular weight is 311 g/mol. The Hall–Kier alpha value is -2.97. The van der Waals surface area contributed by atoms with Crippen LogP contribution in [0.5, 0.6) is 0 Å². The van der Waals surface area contributed by atoms with Crippen molar-refractivity contribution >= 4 is 17.6 Å². The molecule has 0 fully saturated rings. The average Bonchev–Trinajstić information content (AvgIpc) is 2.47. The summed E-state index contributed by atoms with van der Waals surface area (Å²) in [6.07, 6.45) is -3.13. The Morgan fingerprint density at radius 3 is 2.05 bits per heavy atom. The van der Waals surface area contributed by atoms with E-state index >= 15 is 0 Å². The van der Waals surface area contributed by atoms with Crippen LogP contribution in [0.15, 0.2) is 42.7 Å². The summed E-state index contributed by atoms with van der Waals surface area (Å²) in [5.41, 5.74) is -2.20. The van der Waals surface area contributed by atoms with Gasteiger partial charge < -0.3 is 5.11 Å². The Bertz CT molecular complexity index is 704. The van der Waals surface area contributed by atoms with E-state index in [0.29, 0.717) is 0 Å². The molecular weight excluding hydrogens is 303 g/mol. The van der Waals surface area contributed by atoms with Gasteiger partial charge in [0.25, 0.3) is 5.91 Å². The molecule has 6 nitrogen and oxygen atoms in total. The van der Waals surface area contributed by atoms with E-state index in [2.05, 4.69) is 9.97 Å². The van der Waals surface area contributed by atoms with Gasteiger partial charge in [-0.1, -0.05) is 18.2 Å². The number of carbonyl (C=O) groups is 2. The number of carbonyl (C=O) groups excluding carboxylic acids is 1. The Kier molecular flexibility index (Phi) is 4.06. The highest BCUT2D eigenvalue weighted by Crippen LogP contribution is 2.30. The Morgan fingerprint density at radius 1 is 1.00 bits per heavy atom. The minimum atomic E-state index is -5.05. The third-order valence-corrected chi connectivity index (χ3v) is 2.57. The van der Waals surface area contributed by atoms with Crippen molar-refractivity contribution in [3.8, 4) is 0 Å². The van der Waals surface area contributed by atoms with Gasteiger partial charge in [-0.2, -0.15) is 0 Å². The number of para-hydroxylation sites is 1. The number of benzene rings is 1. The van der Waals surface area contributed by atoms with Crippen molar-refractivity contribution in [3.63, 3.8) is 0 Å². The van der Waals surface area contributed by atoms with E-state index < -0.39 is 40.2 Å². The fourth-order valence-electron chi connectivity index (χ4n) is 1.71. The number of carboxylic acid groups (broad SMARTS) is 1. The highest BCUT2D eigenvalue weighted by atomic mass is 19.4. The van der Waals surface area contributed by atoms with Crippen LogP contribution >= 0.6 is 0 Å². The molecule has 0 saturated heterocycles. The normalized spacial score (nSPS) is 11.0. The van der Waals surface area contributed by atoms with Crippen molar-refractivity contribution < 1.29 is 27.9 Å². The molecule has 0 unspecified atom stereocenters. The number of rotatable bonds is 3. The van der Waals surface area contributed by atoms with Crippen molar-refractivity contribution in [2.45, 2.75) is 6.30 Å². The highest BCUT2D eigenvalue weighted by molar-refractivity contribution is 6.10. The number of anilines is 1. The largest absolute Gasteiger partial charge is 0.491 e. The molecule has 0 spiro atoms. The van der Waals surface area contributed by atoms with Gasteiger partial charge in [0.2, 0.25) is 0 Å². The lowest BCUT2D eigenvalue weighted by Crippen LogP contribution is -2.44. The summed E-state index contributed by atoms with van der Waals surface area (Å²) in [6.45, 7) is 0. The van der Waals surface area contributed by atoms with Crippen LogP contribution in [0.4, 0.5) is 18.9 Å². The summed E-state index contributed by atoms with van der Waals surface area (Å²) < 4.78 is 39.6. The van der Waals surface area contributed by atoms with Gasteiger partial charge in [0.05, 0.1) is 5.69 Å². The second kappa shape index (κ2) is 5.80. The first kappa shape index (κ1) is 15.4. The molecule has 0 bridgehead atoms. The van der Waals surface area contributed by atoms with E-state index in [1.54, 1.807) is 0 Å². The summed E-state index contributed by atoms with van der Waals surface area (Å²) >= 11 is 0. The standard InChI is InChI=1S/C13H8F3N3O3/c14-13(15,16)19(8-4-2-1-3-5-8)11(20)9-10(12(21)22)18-7-6-17-9/h1-7H,(H,21,22). The minimum Gasteiger partial charge on any atom is -0.476 e. The van der Waals surface area contributed by atoms with Crippen LogP contribution in [0.25, 0.3) is 0 Å². The number of aromatic carboxylic acids is 1. The summed E-state index contributed by atoms with van der Waals surface area (Å²) in [7, 11) is 0. The quantitative estimate of drug-likeness (QED) is 0.880. The number of amides is 1. The molecule has 0 aliphatic carbocycles. The lowest BCUT2D eigenvalue weighted by Gasteiger charge is -2.24. The van der Waals surface area contributed by atoms with Gasteiger partial charge in [0, 0.05) is 12.4 Å². The molecule has 9 heteroatoms.